The minimum absolute atomic E-state index is 0. The zero-order valence-corrected chi connectivity index (χ0v) is 4.68. The second-order valence-electron chi connectivity index (χ2n) is 0.378. The van der Waals surface area contributed by atoms with Gasteiger partial charge in [0.05, 0.1) is 0 Å². The van der Waals surface area contributed by atoms with E-state index < -0.39 is 0 Å². The van der Waals surface area contributed by atoms with Crippen LogP contribution in [0.4, 0.5) is 0 Å². The fourth-order valence-electron chi connectivity index (χ4n) is 0. The van der Waals surface area contributed by atoms with Gasteiger partial charge in [-0.05, 0) is 0 Å². The minimum atomic E-state index is 0. The summed E-state index contributed by atoms with van der Waals surface area (Å²) in [5.41, 5.74) is 0. The Morgan fingerprint density at radius 3 is 1.20 bits per heavy atom. The quantitative estimate of drug-likeness (QED) is 0.456. The lowest BCUT2D eigenvalue weighted by atomic mass is 11.0. The van der Waals surface area contributed by atoms with Gasteiger partial charge in [-0.1, -0.05) is 7.43 Å². The molecule has 0 amide bonds. The number of hydrogen-bond acceptors (Lipinski definition) is 0. The highest BCUT2D eigenvalue weighted by Gasteiger charge is 1.61. The van der Waals surface area contributed by atoms with Crippen LogP contribution in [0.15, 0.2) is 0 Å². The van der Waals surface area contributed by atoms with Gasteiger partial charge in [-0.15, -0.1) is 23.2 Å². The molecule has 0 atom stereocenters. The van der Waals surface area contributed by atoms with Crippen LogP contribution < -0.4 is 0 Å². The normalized spacial score (nSPS) is 6.00. The first-order valence-corrected chi connectivity index (χ1v) is 2.10. The highest BCUT2D eigenvalue weighted by Crippen LogP contribution is 1.75. The Hall–Kier alpha value is 0.580. The van der Waals surface area contributed by atoms with Crippen molar-refractivity contribution in [3.8, 4) is 0 Å². The summed E-state index contributed by atoms with van der Waals surface area (Å²) >= 11 is 10.1. The summed E-state index contributed by atoms with van der Waals surface area (Å²) in [4.78, 5) is 0. The Balaban J connectivity index is 0. The maximum atomic E-state index is 5.05. The van der Waals surface area contributed by atoms with E-state index in [-0.39, 0.29) is 7.43 Å². The largest absolute Gasteiger partial charge is 0.125 e. The van der Waals surface area contributed by atoms with Crippen molar-refractivity contribution in [2.75, 3.05) is 11.8 Å². The van der Waals surface area contributed by atoms with Crippen LogP contribution in [0.1, 0.15) is 0 Å². The Bertz CT molecular complexity index is 6.85. The highest BCUT2D eigenvalue weighted by atomic mass is 35.5. The zero-order chi connectivity index (χ0) is 3.41. The van der Waals surface area contributed by atoms with Crippen LogP contribution >= 0.6 is 23.2 Å². The summed E-state index contributed by atoms with van der Waals surface area (Å²) in [6.45, 7) is 0. The molecule has 0 saturated carbocycles. The lowest BCUT2D eigenvalue weighted by Crippen LogP contribution is -1.63. The van der Waals surface area contributed by atoms with E-state index in [1.165, 1.54) is 0 Å². The smallest absolute Gasteiger partial charge is 0.0359 e. The maximum Gasteiger partial charge on any atom is 0.0359 e. The molecule has 0 aliphatic heterocycles. The Kier molecular flexibility index (Phi) is 16.1. The molecule has 0 rings (SSSR count). The van der Waals surface area contributed by atoms with Crippen LogP contribution in [0.3, 0.4) is 0 Å². The molecule has 0 nitrogen and oxygen atoms in total. The van der Waals surface area contributed by atoms with Gasteiger partial charge in [0.15, 0.2) is 0 Å². The average molecular weight is 114 g/mol. The van der Waals surface area contributed by atoms with Crippen molar-refractivity contribution in [1.29, 1.82) is 0 Å². The highest BCUT2D eigenvalue weighted by molar-refractivity contribution is 6.25. The first kappa shape index (κ1) is 9.13. The van der Waals surface area contributed by atoms with Gasteiger partial charge in [-0.25, -0.2) is 0 Å². The van der Waals surface area contributed by atoms with Gasteiger partial charge in [0.2, 0.25) is 0 Å². The maximum absolute atomic E-state index is 5.05. The number of hydrogen-bond donors (Lipinski definition) is 0. The van der Waals surface area contributed by atoms with Crippen LogP contribution in [0, 0.1) is 7.43 Å². The molecule has 0 unspecified atom stereocenters. The summed E-state index contributed by atoms with van der Waals surface area (Å²) in [5.74, 6) is 1.11. The van der Waals surface area contributed by atoms with Gasteiger partial charge < -0.3 is 0 Å². The van der Waals surface area contributed by atoms with E-state index in [4.69, 9.17) is 23.2 Å². The van der Waals surface area contributed by atoms with Crippen molar-refractivity contribution < 1.29 is 0 Å². The first-order valence-electron chi connectivity index (χ1n) is 1.03. The van der Waals surface area contributed by atoms with Gasteiger partial charge in [-0.2, -0.15) is 0 Å². The summed E-state index contributed by atoms with van der Waals surface area (Å²) in [6, 6.07) is 0. The first-order chi connectivity index (χ1) is 1.91. The van der Waals surface area contributed by atoms with Crippen molar-refractivity contribution in [2.24, 2.45) is 0 Å². The molecule has 0 aromatic heterocycles. The van der Waals surface area contributed by atoms with Crippen LogP contribution in [-0.2, 0) is 0 Å². The second-order valence-corrected chi connectivity index (χ2v) is 1.13. The third-order valence-electron chi connectivity index (χ3n) is 0.0714. The Morgan fingerprint density at radius 2 is 1.20 bits per heavy atom. The molecule has 0 aromatic rings. The van der Waals surface area contributed by atoms with E-state index in [9.17, 15) is 0 Å². The van der Waals surface area contributed by atoms with Crippen molar-refractivity contribution in [1.82, 2.24) is 0 Å². The number of rotatable bonds is 1. The molecular formula is C3H7Cl2. The van der Waals surface area contributed by atoms with Crippen LogP contribution in [0.5, 0.6) is 0 Å². The molecule has 0 saturated heterocycles. The van der Waals surface area contributed by atoms with E-state index >= 15 is 0 Å². The molecule has 0 aliphatic carbocycles. The third-order valence-corrected chi connectivity index (χ3v) is 0.643. The van der Waals surface area contributed by atoms with Gasteiger partial charge in [0.25, 0.3) is 0 Å². The van der Waals surface area contributed by atoms with E-state index in [0.29, 0.717) is 11.8 Å². The molecule has 0 heterocycles. The van der Waals surface area contributed by atoms with Gasteiger partial charge in [0, 0.05) is 11.8 Å². The second kappa shape index (κ2) is 8.82. The molecule has 0 aliphatic rings. The lowest BCUT2D eigenvalue weighted by molar-refractivity contribution is 1.52. The van der Waals surface area contributed by atoms with Gasteiger partial charge in [0.1, 0.15) is 0 Å². The summed E-state index contributed by atoms with van der Waals surface area (Å²) in [7, 11) is 0. The molecular weight excluding hydrogens is 107 g/mol. The van der Waals surface area contributed by atoms with E-state index in [1.54, 1.807) is 0 Å². The fourth-order valence-corrected chi connectivity index (χ4v) is 0. The van der Waals surface area contributed by atoms with Crippen molar-refractivity contribution in [2.45, 2.75) is 0 Å². The van der Waals surface area contributed by atoms with Crippen LogP contribution in [0.25, 0.3) is 0 Å². The molecule has 2 heteroatoms. The summed E-state index contributed by atoms with van der Waals surface area (Å²) in [6.07, 6.45) is 0. The average Bonchev–Trinajstić information content (AvgIpc) is 1.37. The molecule has 0 N–H and O–H groups in total. The fraction of sp³-hybridized carbons (Fsp3) is 0.667. The predicted octanol–water partition coefficient (Wildman–Crippen LogP) is 1.91. The SMILES string of the molecule is ClCCCl.[CH3]. The van der Waals surface area contributed by atoms with Gasteiger partial charge >= 0.3 is 0 Å². The molecule has 0 spiro atoms. The van der Waals surface area contributed by atoms with Gasteiger partial charge in [-0.3, -0.25) is 0 Å². The topological polar surface area (TPSA) is 0 Å². The standard InChI is InChI=1S/C2H4Cl2.CH3/c3-1-2-4;/h1-2H2;1H3. The minimum Gasteiger partial charge on any atom is -0.125 e. The van der Waals surface area contributed by atoms with Crippen LogP contribution in [-0.4, -0.2) is 11.8 Å². The lowest BCUT2D eigenvalue weighted by Gasteiger charge is -1.63. The molecule has 5 heavy (non-hydrogen) atoms. The molecule has 0 bridgehead atoms. The number of alkyl halides is 2. The monoisotopic (exact) mass is 113 g/mol. The molecule has 33 valence electrons. The van der Waals surface area contributed by atoms with E-state index in [0.717, 1.165) is 0 Å². The van der Waals surface area contributed by atoms with E-state index in [2.05, 4.69) is 0 Å². The summed E-state index contributed by atoms with van der Waals surface area (Å²) < 4.78 is 0. The van der Waals surface area contributed by atoms with Crippen molar-refractivity contribution in [3.63, 3.8) is 0 Å². The summed E-state index contributed by atoms with van der Waals surface area (Å²) in [5, 5.41) is 0. The number of halogens is 2. The van der Waals surface area contributed by atoms with E-state index in [1.807, 2.05) is 0 Å². The van der Waals surface area contributed by atoms with Crippen molar-refractivity contribution in [3.05, 3.63) is 7.43 Å². The van der Waals surface area contributed by atoms with Crippen LogP contribution in [0.2, 0.25) is 0 Å². The zero-order valence-electron chi connectivity index (χ0n) is 3.17. The molecule has 0 fully saturated rings. The third kappa shape index (κ3) is 12.2. The Morgan fingerprint density at radius 1 is 1.00 bits per heavy atom. The molecule has 1 radical (unpaired) electrons. The molecule has 0 aromatic carbocycles. The Labute approximate surface area is 43.1 Å². The predicted molar refractivity (Wildman–Crippen MR) is 27.9 cm³/mol. The van der Waals surface area contributed by atoms with Crippen molar-refractivity contribution >= 4 is 23.2 Å².